The number of rotatable bonds is 1. The summed E-state index contributed by atoms with van der Waals surface area (Å²) >= 11 is 0. The van der Waals surface area contributed by atoms with Crippen LogP contribution >= 0.6 is 0 Å². The summed E-state index contributed by atoms with van der Waals surface area (Å²) < 4.78 is 6.89. The van der Waals surface area contributed by atoms with Crippen LogP contribution in [0.3, 0.4) is 0 Å². The first kappa shape index (κ1) is 19.7. The molecule has 2 aromatic carbocycles. The number of hydrogen-bond acceptors (Lipinski definition) is 3. The van der Waals surface area contributed by atoms with Crippen molar-refractivity contribution in [2.45, 2.75) is 82.4 Å². The lowest BCUT2D eigenvalue weighted by Crippen LogP contribution is -2.59. The Morgan fingerprint density at radius 1 is 0.733 bits per heavy atom. The number of fused-ring (bicyclic) bond motifs is 4. The second kappa shape index (κ2) is 8.85. The Morgan fingerprint density at radius 3 is 2.03 bits per heavy atom. The summed E-state index contributed by atoms with van der Waals surface area (Å²) in [5.74, 6) is 1.07. The molecule has 158 valence electrons. The van der Waals surface area contributed by atoms with Crippen molar-refractivity contribution in [1.82, 2.24) is 10.4 Å². The first-order valence-corrected chi connectivity index (χ1v) is 12.0. The van der Waals surface area contributed by atoms with Gasteiger partial charge in [-0.05, 0) is 30.5 Å². The molecule has 1 saturated carbocycles. The third kappa shape index (κ3) is 3.88. The van der Waals surface area contributed by atoms with Crippen molar-refractivity contribution in [2.24, 2.45) is 0 Å². The minimum Gasteiger partial charge on any atom is -0.471 e. The molecule has 1 N–H and O–H groups in total. The van der Waals surface area contributed by atoms with Crippen LogP contribution < -0.4 is 10.2 Å². The standard InChI is InChI=1S/C27H34N2O/c1-2-4-6-13-19-27(20-14-7-5-3-1)29-25(23-17-11-12-18-26(23)30-27)21-24(28-29)22-15-9-8-10-16-22/h8-12,15-18,21,25,28H,1-7,13-14,19-20H2/t25-/m1/s1. The maximum atomic E-state index is 6.89. The Bertz CT molecular complexity index is 863. The Morgan fingerprint density at radius 2 is 1.33 bits per heavy atom. The van der Waals surface area contributed by atoms with Gasteiger partial charge in [-0.1, -0.05) is 93.5 Å². The van der Waals surface area contributed by atoms with Crippen molar-refractivity contribution in [3.63, 3.8) is 0 Å². The summed E-state index contributed by atoms with van der Waals surface area (Å²) in [6.45, 7) is 0. The number of benzene rings is 2. The molecular weight excluding hydrogens is 368 g/mol. The van der Waals surface area contributed by atoms with E-state index < -0.39 is 0 Å². The molecule has 3 nitrogen and oxygen atoms in total. The molecule has 0 saturated heterocycles. The maximum Gasteiger partial charge on any atom is 0.180 e. The van der Waals surface area contributed by atoms with Crippen LogP contribution in [0.15, 0.2) is 60.7 Å². The van der Waals surface area contributed by atoms with E-state index in [4.69, 9.17) is 4.74 Å². The molecule has 2 aromatic rings. The highest BCUT2D eigenvalue weighted by molar-refractivity contribution is 5.67. The molecule has 1 fully saturated rings. The van der Waals surface area contributed by atoms with Crippen molar-refractivity contribution in [3.05, 3.63) is 71.8 Å². The van der Waals surface area contributed by atoms with E-state index in [1.54, 1.807) is 0 Å². The Hall–Kier alpha value is -2.26. The van der Waals surface area contributed by atoms with Gasteiger partial charge in [-0.3, -0.25) is 0 Å². The zero-order valence-electron chi connectivity index (χ0n) is 18.0. The first-order valence-electron chi connectivity index (χ1n) is 12.0. The lowest BCUT2D eigenvalue weighted by Gasteiger charge is -2.49. The molecule has 0 unspecified atom stereocenters. The minimum atomic E-state index is -0.273. The topological polar surface area (TPSA) is 24.5 Å². The first-order chi connectivity index (χ1) is 14.9. The molecule has 0 aromatic heterocycles. The molecule has 1 atom stereocenters. The maximum absolute atomic E-state index is 6.89. The smallest absolute Gasteiger partial charge is 0.180 e. The Balaban J connectivity index is 1.49. The van der Waals surface area contributed by atoms with Gasteiger partial charge in [0.2, 0.25) is 0 Å². The van der Waals surface area contributed by atoms with E-state index in [9.17, 15) is 0 Å². The quantitative estimate of drug-likeness (QED) is 0.557. The van der Waals surface area contributed by atoms with Crippen LogP contribution in [-0.4, -0.2) is 10.7 Å². The van der Waals surface area contributed by atoms with Crippen LogP contribution in [0.5, 0.6) is 5.75 Å². The number of ether oxygens (including phenoxy) is 1. The van der Waals surface area contributed by atoms with Crippen LogP contribution in [0, 0.1) is 0 Å². The highest BCUT2D eigenvalue weighted by atomic mass is 16.5. The van der Waals surface area contributed by atoms with Gasteiger partial charge in [0.15, 0.2) is 5.72 Å². The third-order valence-corrected chi connectivity index (χ3v) is 7.04. The molecule has 2 heterocycles. The molecule has 30 heavy (non-hydrogen) atoms. The summed E-state index contributed by atoms with van der Waals surface area (Å²) in [5.41, 5.74) is 7.23. The van der Waals surface area contributed by atoms with Crippen LogP contribution in [0.25, 0.3) is 5.70 Å². The zero-order chi connectivity index (χ0) is 20.2. The van der Waals surface area contributed by atoms with Crippen molar-refractivity contribution in [2.75, 3.05) is 0 Å². The van der Waals surface area contributed by atoms with Gasteiger partial charge in [-0.15, -0.1) is 0 Å². The van der Waals surface area contributed by atoms with Gasteiger partial charge in [0.05, 0.1) is 11.7 Å². The zero-order valence-corrected chi connectivity index (χ0v) is 18.0. The van der Waals surface area contributed by atoms with Crippen molar-refractivity contribution < 1.29 is 4.74 Å². The van der Waals surface area contributed by atoms with Gasteiger partial charge in [0.1, 0.15) is 5.75 Å². The largest absolute Gasteiger partial charge is 0.471 e. The Kier molecular flexibility index (Phi) is 5.81. The van der Waals surface area contributed by atoms with E-state index in [1.807, 2.05) is 0 Å². The lowest BCUT2D eigenvalue weighted by atomic mass is 9.90. The van der Waals surface area contributed by atoms with Crippen LogP contribution in [-0.2, 0) is 0 Å². The summed E-state index contributed by atoms with van der Waals surface area (Å²) in [5, 5.41) is 2.45. The molecule has 1 spiro atoms. The van der Waals surface area contributed by atoms with E-state index in [0.29, 0.717) is 0 Å². The summed E-state index contributed by atoms with van der Waals surface area (Å²) in [6, 6.07) is 19.6. The molecule has 3 heteroatoms. The van der Waals surface area contributed by atoms with E-state index in [1.165, 1.54) is 74.6 Å². The molecule has 0 amide bonds. The van der Waals surface area contributed by atoms with Crippen molar-refractivity contribution >= 4 is 5.70 Å². The van der Waals surface area contributed by atoms with Gasteiger partial charge in [0, 0.05) is 18.4 Å². The predicted octanol–water partition coefficient (Wildman–Crippen LogP) is 6.98. The van der Waals surface area contributed by atoms with E-state index >= 15 is 0 Å². The highest BCUT2D eigenvalue weighted by Crippen LogP contribution is 2.48. The molecule has 0 radical (unpaired) electrons. The van der Waals surface area contributed by atoms with Crippen LogP contribution in [0.4, 0.5) is 0 Å². The molecule has 5 rings (SSSR count). The molecule has 2 aliphatic heterocycles. The summed E-state index contributed by atoms with van der Waals surface area (Å²) in [7, 11) is 0. The SMILES string of the molecule is C1=C(c2ccccc2)NN2[C@H]1c1ccccc1OC21CCCCCCCCCCC1. The van der Waals surface area contributed by atoms with Gasteiger partial charge in [-0.25, -0.2) is 0 Å². The van der Waals surface area contributed by atoms with Crippen LogP contribution in [0.1, 0.15) is 87.8 Å². The normalized spacial score (nSPS) is 24.4. The van der Waals surface area contributed by atoms with Crippen LogP contribution in [0.2, 0.25) is 0 Å². The number of hydrogen-bond donors (Lipinski definition) is 1. The molecule has 1 aliphatic carbocycles. The fraction of sp³-hybridized carbons (Fsp3) is 0.481. The van der Waals surface area contributed by atoms with Gasteiger partial charge >= 0.3 is 0 Å². The van der Waals surface area contributed by atoms with Gasteiger partial charge in [-0.2, -0.15) is 5.01 Å². The lowest BCUT2D eigenvalue weighted by molar-refractivity contribution is -0.143. The summed E-state index contributed by atoms with van der Waals surface area (Å²) in [4.78, 5) is 0. The monoisotopic (exact) mass is 402 g/mol. The van der Waals surface area contributed by atoms with E-state index in [0.717, 1.165) is 18.6 Å². The average molecular weight is 403 g/mol. The van der Waals surface area contributed by atoms with Gasteiger partial charge < -0.3 is 10.2 Å². The average Bonchev–Trinajstić information content (AvgIpc) is 3.24. The van der Waals surface area contributed by atoms with Gasteiger partial charge in [0.25, 0.3) is 0 Å². The second-order valence-corrected chi connectivity index (χ2v) is 9.14. The van der Waals surface area contributed by atoms with E-state index in [2.05, 4.69) is 71.1 Å². The van der Waals surface area contributed by atoms with Crippen molar-refractivity contribution in [3.8, 4) is 5.75 Å². The van der Waals surface area contributed by atoms with E-state index in [-0.39, 0.29) is 11.8 Å². The minimum absolute atomic E-state index is 0.220. The number of para-hydroxylation sites is 1. The third-order valence-electron chi connectivity index (χ3n) is 7.04. The Labute approximate surface area is 181 Å². The highest BCUT2D eigenvalue weighted by Gasteiger charge is 2.49. The fourth-order valence-corrected chi connectivity index (χ4v) is 5.41. The summed E-state index contributed by atoms with van der Waals surface area (Å²) in [6.07, 6.45) is 16.6. The molecule has 0 bridgehead atoms. The number of nitrogens with zero attached hydrogens (tertiary/aromatic N) is 1. The fourth-order valence-electron chi connectivity index (χ4n) is 5.41. The predicted molar refractivity (Wildman–Crippen MR) is 123 cm³/mol. The second-order valence-electron chi connectivity index (χ2n) is 9.14. The number of nitrogens with one attached hydrogen (secondary N) is 1. The van der Waals surface area contributed by atoms with Crippen molar-refractivity contribution in [1.29, 1.82) is 0 Å². The molecule has 3 aliphatic rings. The number of hydrazine groups is 1. The molecular formula is C27H34N2O.